The van der Waals surface area contributed by atoms with Crippen molar-refractivity contribution in [3.63, 3.8) is 0 Å². The van der Waals surface area contributed by atoms with Crippen LogP contribution in [0.3, 0.4) is 0 Å². The van der Waals surface area contributed by atoms with Crippen LogP contribution in [0.1, 0.15) is 12.0 Å². The van der Waals surface area contributed by atoms with Gasteiger partial charge in [0.25, 0.3) is 0 Å². The van der Waals surface area contributed by atoms with Crippen LogP contribution in [-0.4, -0.2) is 13.3 Å². The van der Waals surface area contributed by atoms with Gasteiger partial charge in [-0.3, -0.25) is 0 Å². The van der Waals surface area contributed by atoms with E-state index < -0.39 is 0 Å². The summed E-state index contributed by atoms with van der Waals surface area (Å²) in [5, 5.41) is 0. The first kappa shape index (κ1) is 9.54. The Morgan fingerprint density at radius 2 is 1.92 bits per heavy atom. The maximum atomic E-state index is 5.07. The molecule has 1 unspecified atom stereocenters. The molecule has 1 aromatic carbocycles. The zero-order chi connectivity index (χ0) is 8.81. The van der Waals surface area contributed by atoms with E-state index in [1.807, 2.05) is 12.1 Å². The fraction of sp³-hybridized carbons (Fsp3) is 0.400. The molecule has 0 aromatic heterocycles. The van der Waals surface area contributed by atoms with E-state index in [4.69, 9.17) is 4.74 Å². The van der Waals surface area contributed by atoms with Crippen molar-refractivity contribution < 1.29 is 4.74 Å². The Morgan fingerprint density at radius 3 is 2.42 bits per heavy atom. The number of methoxy groups -OCH3 is 1. The normalized spacial score (nSPS) is 9.83. The summed E-state index contributed by atoms with van der Waals surface area (Å²) >= 11 is 0. The fourth-order valence-electron chi connectivity index (χ4n) is 1.10. The first-order valence-corrected chi connectivity index (χ1v) is 5.01. The Morgan fingerprint density at radius 1 is 1.25 bits per heavy atom. The predicted molar refractivity (Wildman–Crippen MR) is 55.9 cm³/mol. The molecule has 0 aliphatic carbocycles. The van der Waals surface area contributed by atoms with Gasteiger partial charge in [0.1, 0.15) is 5.75 Å². The average Bonchev–Trinajstić information content (AvgIpc) is 2.15. The Hall–Kier alpha value is -0.550. The lowest BCUT2D eigenvalue weighted by atomic mass is 10.1. The van der Waals surface area contributed by atoms with Crippen LogP contribution >= 0.6 is 9.24 Å². The molecule has 0 aliphatic rings. The molecule has 1 rings (SSSR count). The maximum absolute atomic E-state index is 5.07. The molecule has 0 radical (unpaired) electrons. The average molecular weight is 182 g/mol. The quantitative estimate of drug-likeness (QED) is 0.650. The van der Waals surface area contributed by atoms with Crippen molar-refractivity contribution in [3.8, 4) is 5.75 Å². The highest BCUT2D eigenvalue weighted by Gasteiger charge is 1.92. The summed E-state index contributed by atoms with van der Waals surface area (Å²) < 4.78 is 5.07. The van der Waals surface area contributed by atoms with E-state index in [0.29, 0.717) is 0 Å². The monoisotopic (exact) mass is 182 g/mol. The Balaban J connectivity index is 2.53. The zero-order valence-electron chi connectivity index (χ0n) is 7.42. The molecule has 0 fully saturated rings. The number of ether oxygens (including phenoxy) is 1. The standard InChI is InChI=1S/C10H15OP/c1-11-10-6-4-9(5-7-10)3-2-8-12/h4-7H,2-3,8,12H2,1H3. The van der Waals surface area contributed by atoms with Crippen molar-refractivity contribution in [3.05, 3.63) is 29.8 Å². The highest BCUT2D eigenvalue weighted by molar-refractivity contribution is 7.16. The van der Waals surface area contributed by atoms with Crippen LogP contribution in [0.15, 0.2) is 24.3 Å². The summed E-state index contributed by atoms with van der Waals surface area (Å²) in [5.41, 5.74) is 1.39. The molecule has 1 aromatic rings. The van der Waals surface area contributed by atoms with Crippen molar-refractivity contribution in [2.24, 2.45) is 0 Å². The third-order valence-electron chi connectivity index (χ3n) is 1.83. The molecular formula is C10H15OP. The van der Waals surface area contributed by atoms with Crippen LogP contribution < -0.4 is 4.74 Å². The Labute approximate surface area is 76.3 Å². The first-order valence-electron chi connectivity index (χ1n) is 4.20. The summed E-state index contributed by atoms with van der Waals surface area (Å²) in [7, 11) is 4.44. The van der Waals surface area contributed by atoms with Crippen molar-refractivity contribution in [2.45, 2.75) is 12.8 Å². The lowest BCUT2D eigenvalue weighted by molar-refractivity contribution is 0.414. The van der Waals surface area contributed by atoms with Gasteiger partial charge in [0.15, 0.2) is 0 Å². The number of rotatable bonds is 4. The van der Waals surface area contributed by atoms with Crippen LogP contribution in [0.25, 0.3) is 0 Å². The van der Waals surface area contributed by atoms with Crippen molar-refractivity contribution in [2.75, 3.05) is 13.3 Å². The van der Waals surface area contributed by atoms with Gasteiger partial charge in [-0.25, -0.2) is 0 Å². The smallest absolute Gasteiger partial charge is 0.118 e. The highest BCUT2D eigenvalue weighted by atomic mass is 31.0. The van der Waals surface area contributed by atoms with Gasteiger partial charge in [0, 0.05) is 0 Å². The zero-order valence-corrected chi connectivity index (χ0v) is 8.57. The summed E-state index contributed by atoms with van der Waals surface area (Å²) in [6.45, 7) is 0. The Bertz CT molecular complexity index is 218. The SMILES string of the molecule is COc1ccc(CCCP)cc1. The predicted octanol–water partition coefficient (Wildman–Crippen LogP) is 2.50. The van der Waals surface area contributed by atoms with Gasteiger partial charge in [-0.1, -0.05) is 12.1 Å². The minimum Gasteiger partial charge on any atom is -0.497 e. The van der Waals surface area contributed by atoms with E-state index >= 15 is 0 Å². The van der Waals surface area contributed by atoms with Crippen LogP contribution in [0.5, 0.6) is 5.75 Å². The summed E-state index contributed by atoms with van der Waals surface area (Å²) in [4.78, 5) is 0. The molecule has 0 saturated carbocycles. The lowest BCUT2D eigenvalue weighted by Gasteiger charge is -2.01. The van der Waals surface area contributed by atoms with Crippen LogP contribution in [0.2, 0.25) is 0 Å². The minimum atomic E-state index is 0.935. The first-order chi connectivity index (χ1) is 5.86. The van der Waals surface area contributed by atoms with E-state index in [0.717, 1.165) is 12.2 Å². The molecular weight excluding hydrogens is 167 g/mol. The molecule has 0 aliphatic heterocycles. The summed E-state index contributed by atoms with van der Waals surface area (Å²) in [6, 6.07) is 8.27. The van der Waals surface area contributed by atoms with Crippen molar-refractivity contribution >= 4 is 9.24 Å². The molecule has 0 saturated heterocycles. The Kier molecular flexibility index (Phi) is 4.10. The van der Waals surface area contributed by atoms with Crippen molar-refractivity contribution in [1.29, 1.82) is 0 Å². The minimum absolute atomic E-state index is 0.935. The van der Waals surface area contributed by atoms with E-state index in [2.05, 4.69) is 21.4 Å². The second-order valence-corrected chi connectivity index (χ2v) is 3.32. The van der Waals surface area contributed by atoms with E-state index in [1.165, 1.54) is 18.1 Å². The number of hydrogen-bond donors (Lipinski definition) is 0. The van der Waals surface area contributed by atoms with Crippen LogP contribution in [-0.2, 0) is 6.42 Å². The molecule has 2 heteroatoms. The molecule has 1 nitrogen and oxygen atoms in total. The van der Waals surface area contributed by atoms with Gasteiger partial charge in [-0.05, 0) is 36.7 Å². The van der Waals surface area contributed by atoms with E-state index in [-0.39, 0.29) is 0 Å². The summed E-state index contributed by atoms with van der Waals surface area (Å²) in [5.74, 6) is 0.935. The fourth-order valence-corrected chi connectivity index (χ4v) is 1.30. The lowest BCUT2D eigenvalue weighted by Crippen LogP contribution is -1.87. The molecule has 1 atom stereocenters. The second-order valence-electron chi connectivity index (χ2n) is 2.74. The van der Waals surface area contributed by atoms with E-state index in [9.17, 15) is 0 Å². The van der Waals surface area contributed by atoms with Crippen LogP contribution in [0, 0.1) is 0 Å². The third-order valence-corrected chi connectivity index (χ3v) is 2.24. The molecule has 0 N–H and O–H groups in total. The molecule has 0 spiro atoms. The van der Waals surface area contributed by atoms with Crippen LogP contribution in [0.4, 0.5) is 0 Å². The molecule has 0 amide bonds. The number of aryl methyl sites for hydroxylation is 1. The van der Waals surface area contributed by atoms with Gasteiger partial charge in [0.2, 0.25) is 0 Å². The molecule has 0 heterocycles. The summed E-state index contributed by atoms with van der Waals surface area (Å²) in [6.07, 6.45) is 3.57. The van der Waals surface area contributed by atoms with Gasteiger partial charge in [-0.2, -0.15) is 0 Å². The highest BCUT2D eigenvalue weighted by Crippen LogP contribution is 2.12. The number of benzene rings is 1. The van der Waals surface area contributed by atoms with Crippen molar-refractivity contribution in [1.82, 2.24) is 0 Å². The van der Waals surface area contributed by atoms with E-state index in [1.54, 1.807) is 7.11 Å². The molecule has 66 valence electrons. The van der Waals surface area contributed by atoms with Gasteiger partial charge in [-0.15, -0.1) is 9.24 Å². The second kappa shape index (κ2) is 5.16. The maximum Gasteiger partial charge on any atom is 0.118 e. The molecule has 12 heavy (non-hydrogen) atoms. The molecule has 0 bridgehead atoms. The number of hydrogen-bond acceptors (Lipinski definition) is 1. The largest absolute Gasteiger partial charge is 0.497 e. The van der Waals surface area contributed by atoms with Gasteiger partial charge >= 0.3 is 0 Å². The van der Waals surface area contributed by atoms with Gasteiger partial charge in [0.05, 0.1) is 7.11 Å². The van der Waals surface area contributed by atoms with Gasteiger partial charge < -0.3 is 4.74 Å². The topological polar surface area (TPSA) is 9.23 Å². The third kappa shape index (κ3) is 2.83.